The third kappa shape index (κ3) is 5.49. The van der Waals surface area contributed by atoms with E-state index in [4.69, 9.17) is 0 Å². The van der Waals surface area contributed by atoms with Gasteiger partial charge in [-0.1, -0.05) is 36.4 Å². The van der Waals surface area contributed by atoms with E-state index in [1.54, 1.807) is 55.5 Å². The molecule has 0 saturated carbocycles. The Morgan fingerprint density at radius 1 is 0.630 bits per heavy atom. The number of amides is 4. The van der Waals surface area contributed by atoms with Crippen LogP contribution < -0.4 is 21.3 Å². The summed E-state index contributed by atoms with van der Waals surface area (Å²) in [5.41, 5.74) is 1.25. The number of aryl methyl sites for hydroxylation is 1. The van der Waals surface area contributed by atoms with Crippen molar-refractivity contribution < 1.29 is 9.59 Å². The first kappa shape index (κ1) is 17.8. The Bertz CT molecular complexity index is 859. The molecule has 0 spiro atoms. The predicted molar refractivity (Wildman–Crippen MR) is 103 cm³/mol. The lowest BCUT2D eigenvalue weighted by Gasteiger charge is -2.09. The summed E-state index contributed by atoms with van der Waals surface area (Å²) in [4.78, 5) is 36.2. The number of benzene rings is 2. The van der Waals surface area contributed by atoms with Gasteiger partial charge in [-0.05, 0) is 31.2 Å². The highest BCUT2D eigenvalue weighted by molar-refractivity contribution is 6.00. The van der Waals surface area contributed by atoms with E-state index < -0.39 is 12.1 Å². The van der Waals surface area contributed by atoms with E-state index in [-0.39, 0.29) is 11.9 Å². The summed E-state index contributed by atoms with van der Waals surface area (Å²) in [6, 6.07) is 16.9. The summed E-state index contributed by atoms with van der Waals surface area (Å²) in [6.45, 7) is 1.63. The minimum Gasteiger partial charge on any atom is -0.308 e. The molecule has 1 aromatic heterocycles. The Kier molecular flexibility index (Phi) is 5.53. The van der Waals surface area contributed by atoms with Crippen molar-refractivity contribution in [2.45, 2.75) is 6.92 Å². The molecule has 3 rings (SSSR count). The molecule has 0 unspecified atom stereocenters. The van der Waals surface area contributed by atoms with Crippen LogP contribution in [0, 0.1) is 6.92 Å². The Morgan fingerprint density at radius 3 is 1.44 bits per heavy atom. The van der Waals surface area contributed by atoms with E-state index in [1.165, 1.54) is 0 Å². The molecular weight excluding hydrogens is 346 g/mol. The van der Waals surface area contributed by atoms with Gasteiger partial charge in [-0.15, -0.1) is 0 Å². The SMILES string of the molecule is Cc1nc(NC(=O)Nc2ccccc2)nc(NC(=O)Nc2ccccc2)n1. The highest BCUT2D eigenvalue weighted by Gasteiger charge is 2.10. The van der Waals surface area contributed by atoms with Crippen LogP contribution in [0.15, 0.2) is 60.7 Å². The maximum atomic E-state index is 12.0. The molecule has 9 nitrogen and oxygen atoms in total. The number of rotatable bonds is 4. The van der Waals surface area contributed by atoms with Crippen LogP contribution in [0.3, 0.4) is 0 Å². The standard InChI is InChI=1S/C18H17N7O2/c1-12-19-15(24-17(26)21-13-8-4-2-5-9-13)23-16(20-12)25-18(27)22-14-10-6-3-7-11-14/h2-11H,1H3,(H4,19,20,21,22,23,24,25,26,27). The monoisotopic (exact) mass is 363 g/mol. The van der Waals surface area contributed by atoms with Crippen molar-refractivity contribution >= 4 is 35.3 Å². The van der Waals surface area contributed by atoms with Crippen molar-refractivity contribution in [1.82, 2.24) is 15.0 Å². The number of carbonyl (C=O) groups is 2. The Hall–Kier alpha value is -4.01. The number of hydrogen-bond donors (Lipinski definition) is 4. The molecule has 136 valence electrons. The lowest BCUT2D eigenvalue weighted by atomic mass is 10.3. The molecule has 0 radical (unpaired) electrons. The number of aromatic nitrogens is 3. The first-order chi connectivity index (χ1) is 13.1. The van der Waals surface area contributed by atoms with Crippen molar-refractivity contribution in [2.24, 2.45) is 0 Å². The molecule has 0 aliphatic carbocycles. The lowest BCUT2D eigenvalue weighted by Crippen LogP contribution is -2.24. The van der Waals surface area contributed by atoms with Crippen LogP contribution >= 0.6 is 0 Å². The second kappa shape index (κ2) is 8.39. The molecule has 0 aliphatic heterocycles. The number of urea groups is 2. The average Bonchev–Trinajstić information content (AvgIpc) is 2.62. The third-order valence-corrected chi connectivity index (χ3v) is 3.26. The van der Waals surface area contributed by atoms with E-state index >= 15 is 0 Å². The van der Waals surface area contributed by atoms with Gasteiger partial charge in [0.1, 0.15) is 5.82 Å². The summed E-state index contributed by atoms with van der Waals surface area (Å²) in [5, 5.41) is 10.3. The summed E-state index contributed by atoms with van der Waals surface area (Å²) in [5.74, 6) is 0.381. The van der Waals surface area contributed by atoms with Crippen molar-refractivity contribution in [3.8, 4) is 0 Å². The van der Waals surface area contributed by atoms with Crippen molar-refractivity contribution in [1.29, 1.82) is 0 Å². The summed E-state index contributed by atoms with van der Waals surface area (Å²) >= 11 is 0. The molecule has 0 aliphatic rings. The van der Waals surface area contributed by atoms with Gasteiger partial charge >= 0.3 is 12.1 Å². The summed E-state index contributed by atoms with van der Waals surface area (Å²) in [6.07, 6.45) is 0. The molecule has 2 aromatic carbocycles. The van der Waals surface area contributed by atoms with Crippen LogP contribution in [0.1, 0.15) is 5.82 Å². The van der Waals surface area contributed by atoms with E-state index in [9.17, 15) is 9.59 Å². The fraction of sp³-hybridized carbons (Fsp3) is 0.0556. The fourth-order valence-corrected chi connectivity index (χ4v) is 2.16. The molecule has 1 heterocycles. The van der Waals surface area contributed by atoms with Crippen LogP contribution in [-0.2, 0) is 0 Å². The maximum Gasteiger partial charge on any atom is 0.326 e. The average molecular weight is 363 g/mol. The molecule has 0 atom stereocenters. The van der Waals surface area contributed by atoms with Crippen molar-refractivity contribution in [3.05, 3.63) is 66.5 Å². The van der Waals surface area contributed by atoms with Gasteiger partial charge in [-0.25, -0.2) is 9.59 Å². The minimum absolute atomic E-state index is 0.0194. The van der Waals surface area contributed by atoms with Gasteiger partial charge in [0.15, 0.2) is 0 Å². The van der Waals surface area contributed by atoms with Crippen molar-refractivity contribution in [3.63, 3.8) is 0 Å². The predicted octanol–water partition coefficient (Wildman–Crippen LogP) is 3.47. The van der Waals surface area contributed by atoms with Gasteiger partial charge < -0.3 is 10.6 Å². The van der Waals surface area contributed by atoms with Crippen LogP contribution in [-0.4, -0.2) is 27.0 Å². The fourth-order valence-electron chi connectivity index (χ4n) is 2.16. The molecular formula is C18H17N7O2. The first-order valence-electron chi connectivity index (χ1n) is 8.07. The van der Waals surface area contributed by atoms with Crippen LogP contribution in [0.4, 0.5) is 32.9 Å². The normalized spacial score (nSPS) is 9.96. The largest absolute Gasteiger partial charge is 0.326 e. The van der Waals surface area contributed by atoms with Gasteiger partial charge in [0.2, 0.25) is 11.9 Å². The van der Waals surface area contributed by atoms with Crippen LogP contribution in [0.5, 0.6) is 0 Å². The van der Waals surface area contributed by atoms with Gasteiger partial charge in [-0.2, -0.15) is 15.0 Å². The number of carbonyl (C=O) groups excluding carboxylic acids is 2. The first-order valence-corrected chi connectivity index (χ1v) is 8.07. The quantitative estimate of drug-likeness (QED) is 0.565. The van der Waals surface area contributed by atoms with Gasteiger partial charge in [0, 0.05) is 11.4 Å². The molecule has 0 saturated heterocycles. The number of nitrogens with one attached hydrogen (secondary N) is 4. The van der Waals surface area contributed by atoms with Gasteiger partial charge in [0.25, 0.3) is 0 Å². The third-order valence-electron chi connectivity index (χ3n) is 3.26. The smallest absolute Gasteiger partial charge is 0.308 e. The Balaban J connectivity index is 1.63. The highest BCUT2D eigenvalue weighted by atomic mass is 16.2. The van der Waals surface area contributed by atoms with Crippen LogP contribution in [0.2, 0.25) is 0 Å². The Morgan fingerprint density at radius 2 is 1.04 bits per heavy atom. The van der Waals surface area contributed by atoms with Crippen LogP contribution in [0.25, 0.3) is 0 Å². The van der Waals surface area contributed by atoms with E-state index in [0.29, 0.717) is 17.2 Å². The number of hydrogen-bond acceptors (Lipinski definition) is 5. The van der Waals surface area contributed by atoms with E-state index in [0.717, 1.165) is 0 Å². The molecule has 0 fully saturated rings. The number of anilines is 4. The molecule has 3 aromatic rings. The highest BCUT2D eigenvalue weighted by Crippen LogP contribution is 2.09. The lowest BCUT2D eigenvalue weighted by molar-refractivity contribution is 0.261. The molecule has 27 heavy (non-hydrogen) atoms. The molecule has 4 amide bonds. The van der Waals surface area contributed by atoms with Gasteiger partial charge in [-0.3, -0.25) is 10.6 Å². The summed E-state index contributed by atoms with van der Waals surface area (Å²) < 4.78 is 0. The Labute approximate surface area is 155 Å². The second-order valence-electron chi connectivity index (χ2n) is 5.42. The van der Waals surface area contributed by atoms with Crippen molar-refractivity contribution in [2.75, 3.05) is 21.3 Å². The zero-order valence-electron chi connectivity index (χ0n) is 14.4. The molecule has 4 N–H and O–H groups in total. The summed E-state index contributed by atoms with van der Waals surface area (Å²) in [7, 11) is 0. The van der Waals surface area contributed by atoms with Gasteiger partial charge in [0.05, 0.1) is 0 Å². The van der Waals surface area contributed by atoms with E-state index in [1.807, 2.05) is 12.1 Å². The maximum absolute atomic E-state index is 12.0. The molecule has 9 heteroatoms. The number of nitrogens with zero attached hydrogens (tertiary/aromatic N) is 3. The second-order valence-corrected chi connectivity index (χ2v) is 5.42. The number of para-hydroxylation sites is 2. The molecule has 0 bridgehead atoms. The zero-order chi connectivity index (χ0) is 19.1. The zero-order valence-corrected chi connectivity index (χ0v) is 14.4. The topological polar surface area (TPSA) is 121 Å². The van der Waals surface area contributed by atoms with E-state index in [2.05, 4.69) is 36.2 Å². The minimum atomic E-state index is -0.508.